The van der Waals surface area contributed by atoms with Crippen LogP contribution in [0.2, 0.25) is 0 Å². The third-order valence-electron chi connectivity index (χ3n) is 3.25. The van der Waals surface area contributed by atoms with E-state index in [1.165, 1.54) is 16.7 Å². The van der Waals surface area contributed by atoms with E-state index in [1.807, 2.05) is 6.07 Å². The second kappa shape index (κ2) is 7.07. The van der Waals surface area contributed by atoms with Gasteiger partial charge in [-0.05, 0) is 23.6 Å². The van der Waals surface area contributed by atoms with E-state index in [-0.39, 0.29) is 0 Å². The summed E-state index contributed by atoms with van der Waals surface area (Å²) in [6.45, 7) is 3.74. The molecular weight excluding hydrogens is 234 g/mol. The summed E-state index contributed by atoms with van der Waals surface area (Å²) in [5, 5.41) is 3.54. The number of benzene rings is 2. The molecule has 0 aliphatic rings. The fraction of sp³-hybridized carbons (Fsp3) is 0.294. The Morgan fingerprint density at radius 2 is 1.58 bits per heavy atom. The molecule has 2 aromatic rings. The average Bonchev–Trinajstić information content (AvgIpc) is 2.47. The Balaban J connectivity index is 1.88. The SMILES string of the molecule is COCc1ccc(CN[C@@H](C)c2ccccc2)cc1. The topological polar surface area (TPSA) is 21.3 Å². The highest BCUT2D eigenvalue weighted by Crippen LogP contribution is 2.12. The monoisotopic (exact) mass is 255 g/mol. The number of rotatable bonds is 6. The predicted octanol–water partition coefficient (Wildman–Crippen LogP) is 3.68. The van der Waals surface area contributed by atoms with Gasteiger partial charge < -0.3 is 10.1 Å². The zero-order valence-electron chi connectivity index (χ0n) is 11.6. The van der Waals surface area contributed by atoms with E-state index in [0.29, 0.717) is 12.6 Å². The third kappa shape index (κ3) is 4.19. The second-order valence-electron chi connectivity index (χ2n) is 4.76. The molecule has 0 unspecified atom stereocenters. The zero-order valence-corrected chi connectivity index (χ0v) is 11.6. The normalized spacial score (nSPS) is 12.3. The average molecular weight is 255 g/mol. The molecule has 2 rings (SSSR count). The van der Waals surface area contributed by atoms with Gasteiger partial charge in [0.05, 0.1) is 6.61 Å². The van der Waals surface area contributed by atoms with Gasteiger partial charge in [-0.1, -0.05) is 54.6 Å². The molecule has 0 radical (unpaired) electrons. The smallest absolute Gasteiger partial charge is 0.0713 e. The van der Waals surface area contributed by atoms with Gasteiger partial charge in [-0.2, -0.15) is 0 Å². The fourth-order valence-electron chi connectivity index (χ4n) is 2.05. The summed E-state index contributed by atoms with van der Waals surface area (Å²) in [6.07, 6.45) is 0. The molecule has 0 aromatic heterocycles. The lowest BCUT2D eigenvalue weighted by Crippen LogP contribution is -2.17. The van der Waals surface area contributed by atoms with Crippen LogP contribution in [0.15, 0.2) is 54.6 Å². The molecule has 2 aromatic carbocycles. The predicted molar refractivity (Wildman–Crippen MR) is 78.9 cm³/mol. The maximum absolute atomic E-state index is 5.11. The first-order valence-electron chi connectivity index (χ1n) is 6.64. The molecule has 100 valence electrons. The maximum atomic E-state index is 5.11. The van der Waals surface area contributed by atoms with Crippen molar-refractivity contribution >= 4 is 0 Å². The molecule has 0 amide bonds. The minimum absolute atomic E-state index is 0.361. The molecule has 0 aliphatic carbocycles. The lowest BCUT2D eigenvalue weighted by atomic mass is 10.1. The van der Waals surface area contributed by atoms with Gasteiger partial charge in [0, 0.05) is 19.7 Å². The highest BCUT2D eigenvalue weighted by Gasteiger charge is 2.03. The third-order valence-corrected chi connectivity index (χ3v) is 3.25. The van der Waals surface area contributed by atoms with Gasteiger partial charge in [0.15, 0.2) is 0 Å². The molecule has 0 fully saturated rings. The highest BCUT2D eigenvalue weighted by molar-refractivity contribution is 5.23. The number of hydrogen-bond acceptors (Lipinski definition) is 2. The number of ether oxygens (including phenoxy) is 1. The standard InChI is InChI=1S/C17H21NO/c1-14(17-6-4-3-5-7-17)18-12-15-8-10-16(11-9-15)13-19-2/h3-11,14,18H,12-13H2,1-2H3/t14-/m0/s1. The summed E-state index contributed by atoms with van der Waals surface area (Å²) in [4.78, 5) is 0. The van der Waals surface area contributed by atoms with Crippen LogP contribution in [0.3, 0.4) is 0 Å². The molecule has 1 atom stereocenters. The van der Waals surface area contributed by atoms with Crippen LogP contribution in [0.4, 0.5) is 0 Å². The zero-order chi connectivity index (χ0) is 13.5. The molecule has 0 heterocycles. The first-order valence-corrected chi connectivity index (χ1v) is 6.64. The van der Waals surface area contributed by atoms with Crippen molar-refractivity contribution in [2.24, 2.45) is 0 Å². The van der Waals surface area contributed by atoms with Crippen molar-refractivity contribution in [1.82, 2.24) is 5.32 Å². The van der Waals surface area contributed by atoms with Crippen LogP contribution >= 0.6 is 0 Å². The summed E-state index contributed by atoms with van der Waals surface area (Å²) in [7, 11) is 1.72. The van der Waals surface area contributed by atoms with Crippen LogP contribution in [-0.4, -0.2) is 7.11 Å². The van der Waals surface area contributed by atoms with Gasteiger partial charge in [-0.3, -0.25) is 0 Å². The van der Waals surface area contributed by atoms with Crippen LogP contribution in [0.1, 0.15) is 29.7 Å². The van der Waals surface area contributed by atoms with E-state index in [4.69, 9.17) is 4.74 Å². The summed E-state index contributed by atoms with van der Waals surface area (Å²) < 4.78 is 5.11. The van der Waals surface area contributed by atoms with Gasteiger partial charge in [0.1, 0.15) is 0 Å². The first-order chi connectivity index (χ1) is 9.29. The second-order valence-corrected chi connectivity index (χ2v) is 4.76. The van der Waals surface area contributed by atoms with Crippen molar-refractivity contribution in [3.05, 3.63) is 71.3 Å². The Morgan fingerprint density at radius 1 is 0.947 bits per heavy atom. The Bertz CT molecular complexity index is 478. The van der Waals surface area contributed by atoms with Gasteiger partial charge >= 0.3 is 0 Å². The van der Waals surface area contributed by atoms with Gasteiger partial charge in [0.2, 0.25) is 0 Å². The maximum Gasteiger partial charge on any atom is 0.0713 e. The Labute approximate surface area is 115 Å². The minimum atomic E-state index is 0.361. The number of methoxy groups -OCH3 is 1. The first kappa shape index (κ1) is 13.8. The van der Waals surface area contributed by atoms with Crippen molar-refractivity contribution < 1.29 is 4.74 Å². The van der Waals surface area contributed by atoms with Gasteiger partial charge in [0.25, 0.3) is 0 Å². The lowest BCUT2D eigenvalue weighted by molar-refractivity contribution is 0.185. The van der Waals surface area contributed by atoms with E-state index in [0.717, 1.165) is 6.54 Å². The largest absolute Gasteiger partial charge is 0.380 e. The van der Waals surface area contributed by atoms with E-state index < -0.39 is 0 Å². The lowest BCUT2D eigenvalue weighted by Gasteiger charge is -2.14. The van der Waals surface area contributed by atoms with Crippen LogP contribution in [0.5, 0.6) is 0 Å². The molecule has 0 saturated carbocycles. The van der Waals surface area contributed by atoms with Crippen molar-refractivity contribution in [3.8, 4) is 0 Å². The number of hydrogen-bond donors (Lipinski definition) is 1. The number of nitrogens with one attached hydrogen (secondary N) is 1. The summed E-state index contributed by atoms with van der Waals surface area (Å²) >= 11 is 0. The van der Waals surface area contributed by atoms with Crippen LogP contribution in [0, 0.1) is 0 Å². The molecule has 0 bridgehead atoms. The van der Waals surface area contributed by atoms with Crippen LogP contribution in [0.25, 0.3) is 0 Å². The molecule has 0 aliphatic heterocycles. The van der Waals surface area contributed by atoms with Gasteiger partial charge in [-0.25, -0.2) is 0 Å². The Hall–Kier alpha value is -1.64. The van der Waals surface area contributed by atoms with Crippen molar-refractivity contribution in [2.45, 2.75) is 26.1 Å². The Kier molecular flexibility index (Phi) is 5.13. The van der Waals surface area contributed by atoms with E-state index in [9.17, 15) is 0 Å². The molecule has 2 heteroatoms. The molecular formula is C17H21NO. The summed E-state index contributed by atoms with van der Waals surface area (Å²) in [5.41, 5.74) is 3.82. The van der Waals surface area contributed by atoms with Crippen LogP contribution < -0.4 is 5.32 Å². The van der Waals surface area contributed by atoms with Gasteiger partial charge in [-0.15, -0.1) is 0 Å². The van der Waals surface area contributed by atoms with E-state index in [2.05, 4.69) is 60.8 Å². The molecule has 0 saturated heterocycles. The van der Waals surface area contributed by atoms with E-state index >= 15 is 0 Å². The quantitative estimate of drug-likeness (QED) is 0.850. The van der Waals surface area contributed by atoms with Crippen molar-refractivity contribution in [2.75, 3.05) is 7.11 Å². The summed E-state index contributed by atoms with van der Waals surface area (Å²) in [6, 6.07) is 19.4. The van der Waals surface area contributed by atoms with Crippen LogP contribution in [-0.2, 0) is 17.9 Å². The van der Waals surface area contributed by atoms with E-state index in [1.54, 1.807) is 7.11 Å². The Morgan fingerprint density at radius 3 is 2.21 bits per heavy atom. The molecule has 2 nitrogen and oxygen atoms in total. The molecule has 19 heavy (non-hydrogen) atoms. The molecule has 1 N–H and O–H groups in total. The fourth-order valence-corrected chi connectivity index (χ4v) is 2.05. The minimum Gasteiger partial charge on any atom is -0.380 e. The van der Waals surface area contributed by atoms with Crippen molar-refractivity contribution in [1.29, 1.82) is 0 Å². The summed E-state index contributed by atoms with van der Waals surface area (Å²) in [5.74, 6) is 0. The molecule has 0 spiro atoms. The highest BCUT2D eigenvalue weighted by atomic mass is 16.5. The van der Waals surface area contributed by atoms with Crippen molar-refractivity contribution in [3.63, 3.8) is 0 Å².